The lowest BCUT2D eigenvalue weighted by atomic mass is 10.1. The Morgan fingerprint density at radius 2 is 1.65 bits per heavy atom. The summed E-state index contributed by atoms with van der Waals surface area (Å²) in [7, 11) is 1.77. The summed E-state index contributed by atoms with van der Waals surface area (Å²) in [6, 6.07) is 18.7. The molecule has 0 bridgehead atoms. The lowest BCUT2D eigenvalue weighted by Gasteiger charge is -2.15. The largest absolute Gasteiger partial charge is 0.444 e. The van der Waals surface area contributed by atoms with Gasteiger partial charge in [-0.2, -0.15) is 0 Å². The summed E-state index contributed by atoms with van der Waals surface area (Å²) < 4.78 is 5.59. The van der Waals surface area contributed by atoms with Crippen LogP contribution in [0.4, 0.5) is 0 Å². The van der Waals surface area contributed by atoms with Crippen molar-refractivity contribution in [1.82, 2.24) is 20.5 Å². The van der Waals surface area contributed by atoms with Gasteiger partial charge in [-0.3, -0.25) is 9.89 Å². The number of nitrogens with one attached hydrogen (secondary N) is 2. The molecule has 0 amide bonds. The summed E-state index contributed by atoms with van der Waals surface area (Å²) in [6.07, 6.45) is 4.34. The topological polar surface area (TPSA) is 65.7 Å². The first-order valence-corrected chi connectivity index (χ1v) is 10.5. The number of aliphatic imine (C=N–C) groups is 1. The molecule has 0 saturated carbocycles. The van der Waals surface area contributed by atoms with Crippen molar-refractivity contribution in [3.63, 3.8) is 0 Å². The average Bonchev–Trinajstić information content (AvgIpc) is 3.48. The molecular weight excluding hydrogens is 501 g/mol. The number of benzene rings is 2. The first kappa shape index (κ1) is 23.3. The molecule has 7 heteroatoms. The van der Waals surface area contributed by atoms with Gasteiger partial charge in [0.2, 0.25) is 5.89 Å². The number of nitrogens with zero attached hydrogens (tertiary/aromatic N) is 3. The van der Waals surface area contributed by atoms with Crippen LogP contribution in [0, 0.1) is 0 Å². The Hall–Kier alpha value is -2.39. The molecule has 1 fully saturated rings. The summed E-state index contributed by atoms with van der Waals surface area (Å²) in [5.74, 6) is 1.37. The Morgan fingerprint density at radius 1 is 0.968 bits per heavy atom. The fourth-order valence-corrected chi connectivity index (χ4v) is 3.64. The van der Waals surface area contributed by atoms with Crippen molar-refractivity contribution in [2.24, 2.45) is 4.99 Å². The molecule has 2 N–H and O–H groups in total. The summed E-state index contributed by atoms with van der Waals surface area (Å²) in [5.41, 5.74) is 4.42. The van der Waals surface area contributed by atoms with Gasteiger partial charge in [-0.1, -0.05) is 42.5 Å². The van der Waals surface area contributed by atoms with Crippen molar-refractivity contribution < 1.29 is 4.42 Å². The molecule has 2 heterocycles. The number of oxazole rings is 1. The molecule has 3 aromatic rings. The molecule has 0 aliphatic carbocycles. The van der Waals surface area contributed by atoms with Crippen LogP contribution in [0.25, 0.3) is 11.5 Å². The summed E-state index contributed by atoms with van der Waals surface area (Å²) >= 11 is 0. The Balaban J connectivity index is 0.00000272. The number of halogens is 1. The van der Waals surface area contributed by atoms with Gasteiger partial charge in [-0.05, 0) is 49.2 Å². The van der Waals surface area contributed by atoms with E-state index in [1.54, 1.807) is 13.3 Å². The van der Waals surface area contributed by atoms with Crippen molar-refractivity contribution in [2.75, 3.05) is 20.1 Å². The molecule has 1 aliphatic rings. The number of aromatic nitrogens is 1. The average molecular weight is 531 g/mol. The second-order valence-corrected chi connectivity index (χ2v) is 7.59. The lowest BCUT2D eigenvalue weighted by Crippen LogP contribution is -2.36. The minimum atomic E-state index is 0. The zero-order valence-corrected chi connectivity index (χ0v) is 20.2. The second kappa shape index (κ2) is 11.9. The highest BCUT2D eigenvalue weighted by Crippen LogP contribution is 2.17. The highest BCUT2D eigenvalue weighted by atomic mass is 127. The SMILES string of the molecule is CN=C(NCc1ccc(CN2CCCC2)cc1)NCc1coc(-c2ccccc2)n1.I. The van der Waals surface area contributed by atoms with E-state index in [0.717, 1.165) is 30.3 Å². The smallest absolute Gasteiger partial charge is 0.226 e. The van der Waals surface area contributed by atoms with Gasteiger partial charge >= 0.3 is 0 Å². The molecular formula is C24H30IN5O. The van der Waals surface area contributed by atoms with Gasteiger partial charge in [-0.25, -0.2) is 4.98 Å². The minimum Gasteiger partial charge on any atom is -0.444 e. The highest BCUT2D eigenvalue weighted by molar-refractivity contribution is 14.0. The maximum Gasteiger partial charge on any atom is 0.226 e. The van der Waals surface area contributed by atoms with Crippen LogP contribution in [-0.4, -0.2) is 36.0 Å². The molecule has 1 saturated heterocycles. The fourth-order valence-electron chi connectivity index (χ4n) is 3.64. The molecule has 31 heavy (non-hydrogen) atoms. The van der Waals surface area contributed by atoms with Crippen molar-refractivity contribution in [1.29, 1.82) is 0 Å². The Kier molecular flexibility index (Phi) is 8.90. The third kappa shape index (κ3) is 6.80. The predicted octanol–water partition coefficient (Wildman–Crippen LogP) is 4.42. The number of likely N-dealkylation sites (tertiary alicyclic amines) is 1. The first-order valence-electron chi connectivity index (χ1n) is 10.5. The number of guanidine groups is 1. The monoisotopic (exact) mass is 531 g/mol. The molecule has 0 atom stereocenters. The van der Waals surface area contributed by atoms with Crippen LogP contribution >= 0.6 is 24.0 Å². The lowest BCUT2D eigenvalue weighted by molar-refractivity contribution is 0.331. The third-order valence-corrected chi connectivity index (χ3v) is 5.32. The molecule has 164 valence electrons. The predicted molar refractivity (Wildman–Crippen MR) is 135 cm³/mol. The molecule has 1 aliphatic heterocycles. The molecule has 0 radical (unpaired) electrons. The van der Waals surface area contributed by atoms with Crippen molar-refractivity contribution >= 4 is 29.9 Å². The van der Waals surface area contributed by atoms with Gasteiger partial charge in [0, 0.05) is 25.7 Å². The standard InChI is InChI=1S/C24H29N5O.HI/c1-25-24(27-16-22-18-30-23(28-22)21-7-3-2-4-8-21)26-15-19-9-11-20(12-10-19)17-29-13-5-6-14-29;/h2-4,7-12,18H,5-6,13-17H2,1H3,(H2,25,26,27);1H. The van der Waals surface area contributed by atoms with Gasteiger partial charge in [0.05, 0.1) is 12.2 Å². The Bertz CT molecular complexity index is 950. The fraction of sp³-hybridized carbons (Fsp3) is 0.333. The molecule has 0 unspecified atom stereocenters. The van der Waals surface area contributed by atoms with Crippen molar-refractivity contribution in [3.05, 3.63) is 77.7 Å². The van der Waals surface area contributed by atoms with Gasteiger partial charge in [0.15, 0.2) is 5.96 Å². The van der Waals surface area contributed by atoms with Crippen molar-refractivity contribution in [2.45, 2.75) is 32.5 Å². The van der Waals surface area contributed by atoms with Crippen LogP contribution in [0.1, 0.15) is 29.7 Å². The van der Waals surface area contributed by atoms with E-state index in [2.05, 4.69) is 49.8 Å². The van der Waals surface area contributed by atoms with E-state index in [4.69, 9.17) is 4.42 Å². The van der Waals surface area contributed by atoms with Crippen molar-refractivity contribution in [3.8, 4) is 11.5 Å². The first-order chi connectivity index (χ1) is 14.8. The molecule has 0 spiro atoms. The zero-order chi connectivity index (χ0) is 20.6. The maximum atomic E-state index is 5.59. The van der Waals surface area contributed by atoms with Gasteiger partial charge in [-0.15, -0.1) is 24.0 Å². The van der Waals surface area contributed by atoms with Crippen LogP contribution in [0.15, 0.2) is 70.3 Å². The van der Waals surface area contributed by atoms with Crippen LogP contribution in [-0.2, 0) is 19.6 Å². The molecule has 2 aromatic carbocycles. The van der Waals surface area contributed by atoms with Crippen LogP contribution < -0.4 is 10.6 Å². The van der Waals surface area contributed by atoms with E-state index in [1.807, 2.05) is 30.3 Å². The van der Waals surface area contributed by atoms with Crippen LogP contribution in [0.2, 0.25) is 0 Å². The molecule has 1 aromatic heterocycles. The zero-order valence-electron chi connectivity index (χ0n) is 17.9. The van der Waals surface area contributed by atoms with Gasteiger partial charge in [0.1, 0.15) is 6.26 Å². The van der Waals surface area contributed by atoms with Gasteiger partial charge in [0.25, 0.3) is 0 Å². The second-order valence-electron chi connectivity index (χ2n) is 7.59. The quantitative estimate of drug-likeness (QED) is 0.269. The minimum absolute atomic E-state index is 0. The summed E-state index contributed by atoms with van der Waals surface area (Å²) in [6.45, 7) is 4.77. The van der Waals surface area contributed by atoms with E-state index in [0.29, 0.717) is 12.4 Å². The van der Waals surface area contributed by atoms with E-state index in [9.17, 15) is 0 Å². The number of hydrogen-bond acceptors (Lipinski definition) is 4. The molecule has 4 rings (SSSR count). The molecule has 6 nitrogen and oxygen atoms in total. The Labute approximate surface area is 201 Å². The summed E-state index contributed by atoms with van der Waals surface area (Å²) in [5, 5.41) is 6.65. The number of hydrogen-bond donors (Lipinski definition) is 2. The normalized spacial score (nSPS) is 14.3. The highest BCUT2D eigenvalue weighted by Gasteiger charge is 2.11. The van der Waals surface area contributed by atoms with Crippen LogP contribution in [0.5, 0.6) is 0 Å². The maximum absolute atomic E-state index is 5.59. The van der Waals surface area contributed by atoms with E-state index in [-0.39, 0.29) is 24.0 Å². The van der Waals surface area contributed by atoms with Gasteiger partial charge < -0.3 is 15.1 Å². The Morgan fingerprint density at radius 3 is 2.35 bits per heavy atom. The summed E-state index contributed by atoms with van der Waals surface area (Å²) in [4.78, 5) is 11.4. The number of rotatable bonds is 7. The third-order valence-electron chi connectivity index (χ3n) is 5.32. The van der Waals surface area contributed by atoms with E-state index < -0.39 is 0 Å². The van der Waals surface area contributed by atoms with E-state index >= 15 is 0 Å². The van der Waals surface area contributed by atoms with E-state index in [1.165, 1.54) is 37.1 Å². The van der Waals surface area contributed by atoms with Crippen LogP contribution in [0.3, 0.4) is 0 Å².